The lowest BCUT2D eigenvalue weighted by molar-refractivity contribution is 0.416. The van der Waals surface area contributed by atoms with Crippen molar-refractivity contribution < 1.29 is 4.74 Å². The summed E-state index contributed by atoms with van der Waals surface area (Å²) in [6.07, 6.45) is 0. The largest absolute Gasteiger partial charge is 0.496 e. The van der Waals surface area contributed by atoms with Crippen LogP contribution in [-0.2, 0) is 0 Å². The topological polar surface area (TPSA) is 84.8 Å². The first-order chi connectivity index (χ1) is 9.55. The summed E-state index contributed by atoms with van der Waals surface area (Å²) in [5.74, 6) is 1.70. The Morgan fingerprint density at radius 2 is 2.00 bits per heavy atom. The summed E-state index contributed by atoms with van der Waals surface area (Å²) in [5.41, 5.74) is 7.84. The van der Waals surface area contributed by atoms with Gasteiger partial charge in [-0.15, -0.1) is 0 Å². The van der Waals surface area contributed by atoms with E-state index in [0.29, 0.717) is 17.5 Å². The number of nitriles is 1. The second-order valence-electron chi connectivity index (χ2n) is 4.73. The van der Waals surface area contributed by atoms with Crippen molar-refractivity contribution in [2.45, 2.75) is 19.8 Å². The molecule has 1 heterocycles. The van der Waals surface area contributed by atoms with Crippen molar-refractivity contribution >= 4 is 5.82 Å². The predicted molar refractivity (Wildman–Crippen MR) is 77.2 cm³/mol. The number of hydrogen-bond donors (Lipinski definition) is 1. The monoisotopic (exact) mass is 268 g/mol. The number of nitrogens with zero attached hydrogens (tertiary/aromatic N) is 3. The molecule has 102 valence electrons. The molecule has 2 N–H and O–H groups in total. The van der Waals surface area contributed by atoms with E-state index in [1.165, 1.54) is 6.07 Å². The third-order valence-electron chi connectivity index (χ3n) is 2.99. The molecule has 2 rings (SSSR count). The molecule has 2 aromatic rings. The van der Waals surface area contributed by atoms with E-state index in [1.807, 2.05) is 24.3 Å². The van der Waals surface area contributed by atoms with Gasteiger partial charge >= 0.3 is 0 Å². The Morgan fingerprint density at radius 1 is 1.25 bits per heavy atom. The fourth-order valence-corrected chi connectivity index (χ4v) is 1.90. The molecule has 0 bridgehead atoms. The lowest BCUT2D eigenvalue weighted by atomic mass is 10.00. The van der Waals surface area contributed by atoms with Gasteiger partial charge in [0.1, 0.15) is 23.3 Å². The first-order valence-electron chi connectivity index (χ1n) is 6.28. The van der Waals surface area contributed by atoms with Crippen molar-refractivity contribution in [1.82, 2.24) is 9.97 Å². The van der Waals surface area contributed by atoms with Crippen LogP contribution in [0.15, 0.2) is 24.3 Å². The van der Waals surface area contributed by atoms with Crippen molar-refractivity contribution in [2.24, 2.45) is 0 Å². The normalized spacial score (nSPS) is 10.3. The highest BCUT2D eigenvalue weighted by Crippen LogP contribution is 2.31. The Bertz CT molecular complexity index is 674. The molecule has 0 aliphatic carbocycles. The number of hydrogen-bond acceptors (Lipinski definition) is 5. The number of anilines is 1. The van der Waals surface area contributed by atoms with Crippen molar-refractivity contribution in [3.63, 3.8) is 0 Å². The van der Waals surface area contributed by atoms with Gasteiger partial charge in [0.25, 0.3) is 0 Å². The molecule has 0 atom stereocenters. The van der Waals surface area contributed by atoms with Crippen molar-refractivity contribution in [3.8, 4) is 23.2 Å². The third kappa shape index (κ3) is 2.69. The molecule has 0 aliphatic heterocycles. The standard InChI is InChI=1S/C15H16N4O/c1-9(2)10-4-5-13(20-3)12(6-10)15-18-11(8-16)7-14(17)19-15/h4-7,9H,1-3H3,(H2,17,18,19). The van der Waals surface area contributed by atoms with E-state index < -0.39 is 0 Å². The SMILES string of the molecule is COc1ccc(C(C)C)cc1-c1nc(N)cc(C#N)n1. The molecule has 1 aromatic carbocycles. The fourth-order valence-electron chi connectivity index (χ4n) is 1.90. The average Bonchev–Trinajstić information content (AvgIpc) is 2.45. The number of rotatable bonds is 3. The van der Waals surface area contributed by atoms with Gasteiger partial charge in [-0.3, -0.25) is 0 Å². The zero-order valence-electron chi connectivity index (χ0n) is 11.7. The quantitative estimate of drug-likeness (QED) is 0.925. The van der Waals surface area contributed by atoms with Gasteiger partial charge < -0.3 is 10.5 Å². The number of aromatic nitrogens is 2. The summed E-state index contributed by atoms with van der Waals surface area (Å²) in [6.45, 7) is 4.21. The number of methoxy groups -OCH3 is 1. The van der Waals surface area contributed by atoms with E-state index in [0.717, 1.165) is 11.1 Å². The Morgan fingerprint density at radius 3 is 2.60 bits per heavy atom. The van der Waals surface area contributed by atoms with Crippen LogP contribution in [0.2, 0.25) is 0 Å². The Kier molecular flexibility index (Phi) is 3.85. The molecule has 0 saturated heterocycles. The van der Waals surface area contributed by atoms with Gasteiger partial charge in [-0.25, -0.2) is 9.97 Å². The summed E-state index contributed by atoms with van der Waals surface area (Å²) in [5, 5.41) is 8.98. The highest BCUT2D eigenvalue weighted by atomic mass is 16.5. The maximum atomic E-state index is 8.98. The molecule has 0 aliphatic rings. The first-order valence-corrected chi connectivity index (χ1v) is 6.28. The van der Waals surface area contributed by atoms with Gasteiger partial charge in [0.2, 0.25) is 0 Å². The van der Waals surface area contributed by atoms with Gasteiger partial charge in [0, 0.05) is 6.07 Å². The minimum Gasteiger partial charge on any atom is -0.496 e. The van der Waals surface area contributed by atoms with E-state index in [1.54, 1.807) is 7.11 Å². The van der Waals surface area contributed by atoms with E-state index in [4.69, 9.17) is 15.7 Å². The van der Waals surface area contributed by atoms with Gasteiger partial charge in [-0.05, 0) is 23.6 Å². The number of ether oxygens (including phenoxy) is 1. The van der Waals surface area contributed by atoms with Crippen LogP contribution in [0.5, 0.6) is 5.75 Å². The van der Waals surface area contributed by atoms with Crippen molar-refractivity contribution in [3.05, 3.63) is 35.5 Å². The van der Waals surface area contributed by atoms with Crippen LogP contribution >= 0.6 is 0 Å². The summed E-state index contributed by atoms with van der Waals surface area (Å²) in [7, 11) is 1.59. The molecule has 0 saturated carbocycles. The molecular formula is C15H16N4O. The van der Waals surface area contributed by atoms with E-state index >= 15 is 0 Å². The van der Waals surface area contributed by atoms with Crippen LogP contribution in [-0.4, -0.2) is 17.1 Å². The highest BCUT2D eigenvalue weighted by Gasteiger charge is 2.13. The zero-order chi connectivity index (χ0) is 14.7. The van der Waals surface area contributed by atoms with E-state index in [2.05, 4.69) is 23.8 Å². The molecule has 0 amide bonds. The fraction of sp³-hybridized carbons (Fsp3) is 0.267. The van der Waals surface area contributed by atoms with Crippen LogP contribution < -0.4 is 10.5 Å². The summed E-state index contributed by atoms with van der Waals surface area (Å²) < 4.78 is 5.34. The van der Waals surface area contributed by atoms with Crippen LogP contribution in [0.4, 0.5) is 5.82 Å². The van der Waals surface area contributed by atoms with Crippen LogP contribution in [0.1, 0.15) is 31.0 Å². The van der Waals surface area contributed by atoms with Crippen LogP contribution in [0, 0.1) is 11.3 Å². The summed E-state index contributed by atoms with van der Waals surface area (Å²) >= 11 is 0. The van der Waals surface area contributed by atoms with Gasteiger partial charge in [0.15, 0.2) is 5.82 Å². The maximum Gasteiger partial charge on any atom is 0.166 e. The lowest BCUT2D eigenvalue weighted by Crippen LogP contribution is -2.00. The molecule has 0 spiro atoms. The minimum atomic E-state index is 0.240. The predicted octanol–water partition coefficient (Wildman–Crippen LogP) is 2.73. The zero-order valence-corrected chi connectivity index (χ0v) is 11.7. The molecule has 1 aromatic heterocycles. The Hall–Kier alpha value is -2.61. The Labute approximate surface area is 118 Å². The third-order valence-corrected chi connectivity index (χ3v) is 2.99. The lowest BCUT2D eigenvalue weighted by Gasteiger charge is -2.12. The summed E-state index contributed by atoms with van der Waals surface area (Å²) in [4.78, 5) is 8.40. The van der Waals surface area contributed by atoms with Gasteiger partial charge in [0.05, 0.1) is 12.7 Å². The van der Waals surface area contributed by atoms with Crippen LogP contribution in [0.25, 0.3) is 11.4 Å². The highest BCUT2D eigenvalue weighted by molar-refractivity contribution is 5.67. The number of nitrogens with two attached hydrogens (primary N) is 1. The van der Waals surface area contributed by atoms with Crippen LogP contribution in [0.3, 0.4) is 0 Å². The van der Waals surface area contributed by atoms with Gasteiger partial charge in [-0.1, -0.05) is 19.9 Å². The van der Waals surface area contributed by atoms with Crippen molar-refractivity contribution in [1.29, 1.82) is 5.26 Å². The average molecular weight is 268 g/mol. The molecule has 0 fully saturated rings. The first kappa shape index (κ1) is 13.8. The molecule has 5 nitrogen and oxygen atoms in total. The Balaban J connectivity index is 2.64. The number of benzene rings is 1. The van der Waals surface area contributed by atoms with Crippen molar-refractivity contribution in [2.75, 3.05) is 12.8 Å². The van der Waals surface area contributed by atoms with E-state index in [9.17, 15) is 0 Å². The molecule has 5 heteroatoms. The second kappa shape index (κ2) is 5.57. The maximum absolute atomic E-state index is 8.98. The smallest absolute Gasteiger partial charge is 0.166 e. The molecule has 0 radical (unpaired) electrons. The molecule has 20 heavy (non-hydrogen) atoms. The number of nitrogen functional groups attached to an aromatic ring is 1. The summed E-state index contributed by atoms with van der Waals surface area (Å²) in [6, 6.07) is 9.28. The van der Waals surface area contributed by atoms with Gasteiger partial charge in [-0.2, -0.15) is 5.26 Å². The second-order valence-corrected chi connectivity index (χ2v) is 4.73. The minimum absolute atomic E-state index is 0.240. The van der Waals surface area contributed by atoms with E-state index in [-0.39, 0.29) is 11.5 Å². The molecule has 0 unspecified atom stereocenters. The molecular weight excluding hydrogens is 252 g/mol.